The molecule has 0 spiro atoms. The lowest BCUT2D eigenvalue weighted by Gasteiger charge is -2.22. The van der Waals surface area contributed by atoms with Gasteiger partial charge >= 0.3 is 0 Å². The molecule has 2 N–H and O–H groups in total. The number of amides is 2. The summed E-state index contributed by atoms with van der Waals surface area (Å²) in [6, 6.07) is 3.85. The van der Waals surface area contributed by atoms with Gasteiger partial charge in [-0.15, -0.1) is 0 Å². The van der Waals surface area contributed by atoms with E-state index in [2.05, 4.69) is 15.5 Å². The monoisotopic (exact) mass is 305 g/mol. The molecule has 2 aliphatic rings. The van der Waals surface area contributed by atoms with Crippen LogP contribution in [0.4, 0.5) is 0 Å². The third-order valence-corrected chi connectivity index (χ3v) is 4.22. The number of hydrogen-bond acceptors (Lipinski definition) is 4. The molecular weight excluding hydrogens is 282 g/mol. The highest BCUT2D eigenvalue weighted by Gasteiger charge is 2.31. The van der Waals surface area contributed by atoms with E-state index >= 15 is 0 Å². The molecule has 3 rings (SSSR count). The zero-order chi connectivity index (χ0) is 15.4. The van der Waals surface area contributed by atoms with Crippen molar-refractivity contribution < 1.29 is 14.0 Å². The van der Waals surface area contributed by atoms with Crippen LogP contribution in [0, 0.1) is 0 Å². The van der Waals surface area contributed by atoms with Crippen molar-refractivity contribution in [3.63, 3.8) is 0 Å². The number of nitrogens with one attached hydrogen (secondary N) is 2. The normalized spacial score (nSPS) is 22.2. The molecule has 2 heterocycles. The largest absolute Gasteiger partial charge is 0.468 e. The Morgan fingerprint density at radius 3 is 2.95 bits per heavy atom. The van der Waals surface area contributed by atoms with Gasteiger partial charge in [-0.2, -0.15) is 0 Å². The fraction of sp³-hybridized carbons (Fsp3) is 0.625. The molecule has 1 aliphatic heterocycles. The highest BCUT2D eigenvalue weighted by Crippen LogP contribution is 2.28. The number of nitrogens with zero attached hydrogens (tertiary/aromatic N) is 1. The van der Waals surface area contributed by atoms with Crippen molar-refractivity contribution in [3.05, 3.63) is 24.2 Å². The van der Waals surface area contributed by atoms with Crippen LogP contribution in [0.3, 0.4) is 0 Å². The van der Waals surface area contributed by atoms with Crippen molar-refractivity contribution in [1.29, 1.82) is 0 Å². The maximum atomic E-state index is 12.3. The number of carbonyl (C=O) groups excluding carboxylic acids is 2. The molecule has 6 heteroatoms. The average Bonchev–Trinajstić information content (AvgIpc) is 3.25. The van der Waals surface area contributed by atoms with E-state index in [9.17, 15) is 9.59 Å². The van der Waals surface area contributed by atoms with Crippen LogP contribution in [-0.2, 0) is 16.1 Å². The van der Waals surface area contributed by atoms with E-state index in [1.54, 1.807) is 6.26 Å². The third-order valence-electron chi connectivity index (χ3n) is 4.22. The van der Waals surface area contributed by atoms with Gasteiger partial charge in [0, 0.05) is 12.6 Å². The quantitative estimate of drug-likeness (QED) is 0.823. The first-order valence-electron chi connectivity index (χ1n) is 8.06. The standard InChI is InChI=1S/C16H23N3O3/c20-15(18-14-5-1-2-8-17-16(14)21)11-19(12-6-7-12)10-13-4-3-9-22-13/h3-4,9,12,14H,1-2,5-8,10-11H2,(H,17,21)(H,18,20)/t14-/m1/s1. The second kappa shape index (κ2) is 6.96. The van der Waals surface area contributed by atoms with Crippen LogP contribution in [-0.4, -0.2) is 41.9 Å². The van der Waals surface area contributed by atoms with Gasteiger partial charge < -0.3 is 15.1 Å². The Morgan fingerprint density at radius 1 is 1.36 bits per heavy atom. The van der Waals surface area contributed by atoms with Crippen molar-refractivity contribution in [2.75, 3.05) is 13.1 Å². The van der Waals surface area contributed by atoms with Gasteiger partial charge in [0.1, 0.15) is 11.8 Å². The Bertz CT molecular complexity index is 511. The van der Waals surface area contributed by atoms with Crippen molar-refractivity contribution in [2.24, 2.45) is 0 Å². The van der Waals surface area contributed by atoms with Crippen molar-refractivity contribution in [2.45, 2.75) is 50.7 Å². The van der Waals surface area contributed by atoms with Gasteiger partial charge in [0.05, 0.1) is 19.4 Å². The molecule has 1 aromatic rings. The maximum Gasteiger partial charge on any atom is 0.242 e. The van der Waals surface area contributed by atoms with Gasteiger partial charge in [0.2, 0.25) is 11.8 Å². The summed E-state index contributed by atoms with van der Waals surface area (Å²) in [5.74, 6) is 0.724. The first kappa shape index (κ1) is 15.1. The van der Waals surface area contributed by atoms with E-state index in [0.717, 1.165) is 37.9 Å². The van der Waals surface area contributed by atoms with Crippen LogP contribution in [0.1, 0.15) is 37.9 Å². The van der Waals surface area contributed by atoms with Gasteiger partial charge in [-0.25, -0.2) is 0 Å². The zero-order valence-corrected chi connectivity index (χ0v) is 12.7. The van der Waals surface area contributed by atoms with E-state index in [4.69, 9.17) is 4.42 Å². The van der Waals surface area contributed by atoms with E-state index in [0.29, 0.717) is 25.7 Å². The molecule has 0 unspecified atom stereocenters. The van der Waals surface area contributed by atoms with Gasteiger partial charge in [0.15, 0.2) is 0 Å². The molecule has 1 aromatic heterocycles. The maximum absolute atomic E-state index is 12.3. The number of furan rings is 1. The molecule has 0 bridgehead atoms. The molecule has 1 saturated carbocycles. The summed E-state index contributed by atoms with van der Waals surface area (Å²) in [5.41, 5.74) is 0. The topological polar surface area (TPSA) is 74.6 Å². The smallest absolute Gasteiger partial charge is 0.242 e. The lowest BCUT2D eigenvalue weighted by Crippen LogP contribution is -2.48. The molecule has 0 radical (unpaired) electrons. The summed E-state index contributed by atoms with van der Waals surface area (Å²) in [7, 11) is 0. The van der Waals surface area contributed by atoms with Crippen LogP contribution >= 0.6 is 0 Å². The summed E-state index contributed by atoms with van der Waals surface area (Å²) >= 11 is 0. The molecular formula is C16H23N3O3. The molecule has 22 heavy (non-hydrogen) atoms. The van der Waals surface area contributed by atoms with E-state index in [-0.39, 0.29) is 17.9 Å². The van der Waals surface area contributed by atoms with Crippen molar-refractivity contribution in [1.82, 2.24) is 15.5 Å². The first-order chi connectivity index (χ1) is 10.7. The molecule has 120 valence electrons. The van der Waals surface area contributed by atoms with Crippen LogP contribution in [0.25, 0.3) is 0 Å². The van der Waals surface area contributed by atoms with Crippen molar-refractivity contribution >= 4 is 11.8 Å². The third kappa shape index (κ3) is 4.10. The van der Waals surface area contributed by atoms with Crippen molar-refractivity contribution in [3.8, 4) is 0 Å². The molecule has 2 amide bonds. The minimum Gasteiger partial charge on any atom is -0.468 e. The molecule has 1 aliphatic carbocycles. The predicted molar refractivity (Wildman–Crippen MR) is 80.9 cm³/mol. The highest BCUT2D eigenvalue weighted by atomic mass is 16.3. The molecule has 0 aromatic carbocycles. The number of carbonyl (C=O) groups is 2. The summed E-state index contributed by atoms with van der Waals surface area (Å²) < 4.78 is 5.37. The Labute approximate surface area is 130 Å². The second-order valence-electron chi connectivity index (χ2n) is 6.12. The first-order valence-corrected chi connectivity index (χ1v) is 8.06. The Morgan fingerprint density at radius 2 is 2.23 bits per heavy atom. The van der Waals surface area contributed by atoms with Crippen LogP contribution in [0.2, 0.25) is 0 Å². The van der Waals surface area contributed by atoms with Crippen LogP contribution < -0.4 is 10.6 Å². The molecule has 1 saturated heterocycles. The zero-order valence-electron chi connectivity index (χ0n) is 12.7. The van der Waals surface area contributed by atoms with E-state index in [1.165, 1.54) is 0 Å². The lowest BCUT2D eigenvalue weighted by atomic mass is 10.1. The second-order valence-corrected chi connectivity index (χ2v) is 6.12. The lowest BCUT2D eigenvalue weighted by molar-refractivity contribution is -0.129. The average molecular weight is 305 g/mol. The van der Waals surface area contributed by atoms with E-state index in [1.807, 2.05) is 12.1 Å². The molecule has 6 nitrogen and oxygen atoms in total. The Hall–Kier alpha value is -1.82. The summed E-state index contributed by atoms with van der Waals surface area (Å²) in [4.78, 5) is 26.3. The number of rotatable bonds is 6. The van der Waals surface area contributed by atoms with Crippen LogP contribution in [0.15, 0.2) is 22.8 Å². The fourth-order valence-electron chi connectivity index (χ4n) is 2.86. The van der Waals surface area contributed by atoms with Gasteiger partial charge in [0.25, 0.3) is 0 Å². The predicted octanol–water partition coefficient (Wildman–Crippen LogP) is 1.03. The molecule has 2 fully saturated rings. The van der Waals surface area contributed by atoms with E-state index < -0.39 is 0 Å². The minimum absolute atomic E-state index is 0.0603. The van der Waals surface area contributed by atoms with Gasteiger partial charge in [-0.1, -0.05) is 0 Å². The van der Waals surface area contributed by atoms with Gasteiger partial charge in [-0.05, 0) is 44.2 Å². The Balaban J connectivity index is 1.53. The highest BCUT2D eigenvalue weighted by molar-refractivity contribution is 5.88. The number of hydrogen-bond donors (Lipinski definition) is 2. The SMILES string of the molecule is O=C(CN(Cc1ccco1)C1CC1)N[C@@H]1CCCCNC1=O. The summed E-state index contributed by atoms with van der Waals surface area (Å²) in [6.07, 6.45) is 6.55. The van der Waals surface area contributed by atoms with Gasteiger partial charge in [-0.3, -0.25) is 14.5 Å². The fourth-order valence-corrected chi connectivity index (χ4v) is 2.86. The van der Waals surface area contributed by atoms with Crippen LogP contribution in [0.5, 0.6) is 0 Å². The summed E-state index contributed by atoms with van der Waals surface area (Å²) in [5, 5.41) is 5.72. The summed E-state index contributed by atoms with van der Waals surface area (Å²) in [6.45, 7) is 1.66. The minimum atomic E-state index is -0.389. The molecule has 1 atom stereocenters. The Kier molecular flexibility index (Phi) is 4.77.